The summed E-state index contributed by atoms with van der Waals surface area (Å²) in [5.41, 5.74) is 2.73. The number of para-hydroxylation sites is 1. The molecule has 0 saturated heterocycles. The summed E-state index contributed by atoms with van der Waals surface area (Å²) < 4.78 is 14.9. The second-order valence-electron chi connectivity index (χ2n) is 8.92. The molecule has 1 aliphatic carbocycles. The van der Waals surface area contributed by atoms with Crippen LogP contribution in [0.1, 0.15) is 53.4 Å². The van der Waals surface area contributed by atoms with Gasteiger partial charge >= 0.3 is 0 Å². The van der Waals surface area contributed by atoms with Gasteiger partial charge in [0, 0.05) is 16.3 Å². The molecule has 162 valence electrons. The van der Waals surface area contributed by atoms with Gasteiger partial charge in [0.1, 0.15) is 5.82 Å². The molecule has 4 aromatic rings. The first-order valence-corrected chi connectivity index (χ1v) is 10.6. The van der Waals surface area contributed by atoms with Crippen molar-refractivity contribution in [2.45, 2.75) is 38.3 Å². The number of amides is 1. The average molecular weight is 430 g/mol. The van der Waals surface area contributed by atoms with Crippen LogP contribution in [-0.4, -0.2) is 16.0 Å². The van der Waals surface area contributed by atoms with E-state index >= 15 is 0 Å². The summed E-state index contributed by atoms with van der Waals surface area (Å²) in [7, 11) is 0. The predicted octanol–water partition coefficient (Wildman–Crippen LogP) is 4.47. The first-order chi connectivity index (χ1) is 15.2. The summed E-state index contributed by atoms with van der Waals surface area (Å²) >= 11 is 0. The van der Waals surface area contributed by atoms with Crippen LogP contribution in [0.3, 0.4) is 0 Å². The Hall–Kier alpha value is -3.51. The first-order valence-electron chi connectivity index (χ1n) is 10.6. The fraction of sp³-hybridized carbons (Fsp3) is 0.231. The van der Waals surface area contributed by atoms with Crippen molar-refractivity contribution >= 4 is 27.7 Å². The van der Waals surface area contributed by atoms with Gasteiger partial charge in [-0.1, -0.05) is 30.3 Å². The Kier molecular flexibility index (Phi) is 4.64. The van der Waals surface area contributed by atoms with Crippen molar-refractivity contribution in [2.24, 2.45) is 0 Å². The molecule has 0 spiro atoms. The number of hydrogen-bond donors (Lipinski definition) is 3. The maximum Gasteiger partial charge on any atom is 0.255 e. The van der Waals surface area contributed by atoms with Crippen LogP contribution in [0.4, 0.5) is 4.39 Å². The largest absolute Gasteiger partial charge is 0.388 e. The number of aliphatic hydroxyl groups is 1. The third kappa shape index (κ3) is 3.28. The number of pyridine rings is 1. The molecule has 0 saturated carbocycles. The molecule has 1 heterocycles. The van der Waals surface area contributed by atoms with E-state index in [0.29, 0.717) is 22.8 Å². The number of nitrogens with one attached hydrogen (secondary N) is 2. The number of aromatic amines is 1. The molecule has 5 nitrogen and oxygen atoms in total. The molecule has 3 N–H and O–H groups in total. The number of benzene rings is 3. The summed E-state index contributed by atoms with van der Waals surface area (Å²) in [4.78, 5) is 28.9. The molecule has 0 bridgehead atoms. The van der Waals surface area contributed by atoms with Gasteiger partial charge in [-0.15, -0.1) is 0 Å². The Morgan fingerprint density at radius 2 is 1.88 bits per heavy atom. The highest BCUT2D eigenvalue weighted by atomic mass is 19.1. The molecule has 1 amide bonds. The monoisotopic (exact) mass is 430 g/mol. The molecule has 32 heavy (non-hydrogen) atoms. The van der Waals surface area contributed by atoms with E-state index in [0.717, 1.165) is 29.2 Å². The number of fused-ring (bicyclic) bond motifs is 3. The summed E-state index contributed by atoms with van der Waals surface area (Å²) in [6.45, 7) is 3.71. The Balaban J connectivity index is 1.51. The molecule has 1 aromatic heterocycles. The number of carbonyl (C=O) groups excluding carboxylic acids is 1. The Bertz CT molecular complexity index is 1460. The summed E-state index contributed by atoms with van der Waals surface area (Å²) in [6.07, 6.45) is 1.04. The van der Waals surface area contributed by atoms with Crippen molar-refractivity contribution in [3.05, 3.63) is 92.9 Å². The number of aryl methyl sites for hydroxylation is 1. The Labute approximate surface area is 183 Å². The zero-order valence-corrected chi connectivity index (χ0v) is 17.8. The zero-order valence-electron chi connectivity index (χ0n) is 17.8. The van der Waals surface area contributed by atoms with Gasteiger partial charge < -0.3 is 15.4 Å². The van der Waals surface area contributed by atoms with E-state index in [2.05, 4.69) is 10.3 Å². The van der Waals surface area contributed by atoms with Gasteiger partial charge in [0.15, 0.2) is 5.43 Å². The molecule has 5 rings (SSSR count). The lowest BCUT2D eigenvalue weighted by atomic mass is 9.91. The van der Waals surface area contributed by atoms with Crippen LogP contribution >= 0.6 is 0 Å². The fourth-order valence-corrected chi connectivity index (χ4v) is 4.53. The predicted molar refractivity (Wildman–Crippen MR) is 122 cm³/mol. The quantitative estimate of drug-likeness (QED) is 0.420. The molecule has 1 aliphatic rings. The van der Waals surface area contributed by atoms with Crippen molar-refractivity contribution in [3.8, 4) is 0 Å². The SMILES string of the molecule is CC(C)(NC(=O)c1cc2[nH]c3ccccc3c(=O)c2cc1F)c1ccc2c(c1)CCC2O. The van der Waals surface area contributed by atoms with Gasteiger partial charge in [0.25, 0.3) is 5.91 Å². The smallest absolute Gasteiger partial charge is 0.255 e. The molecular weight excluding hydrogens is 407 g/mol. The number of H-pyrrole nitrogens is 1. The molecule has 0 aliphatic heterocycles. The maximum absolute atomic E-state index is 14.9. The minimum atomic E-state index is -0.766. The Morgan fingerprint density at radius 1 is 1.09 bits per heavy atom. The second-order valence-corrected chi connectivity index (χ2v) is 8.92. The summed E-state index contributed by atoms with van der Waals surface area (Å²) in [6, 6.07) is 15.3. The van der Waals surface area contributed by atoms with Crippen LogP contribution in [0, 0.1) is 5.82 Å². The van der Waals surface area contributed by atoms with Gasteiger partial charge in [0.2, 0.25) is 0 Å². The lowest BCUT2D eigenvalue weighted by Crippen LogP contribution is -2.41. The third-order valence-corrected chi connectivity index (χ3v) is 6.37. The highest BCUT2D eigenvalue weighted by Crippen LogP contribution is 2.34. The number of carbonyl (C=O) groups is 1. The van der Waals surface area contributed by atoms with E-state index in [-0.39, 0.29) is 16.4 Å². The molecule has 1 unspecified atom stereocenters. The van der Waals surface area contributed by atoms with Crippen molar-refractivity contribution in [1.29, 1.82) is 0 Å². The van der Waals surface area contributed by atoms with Gasteiger partial charge in [-0.2, -0.15) is 0 Å². The van der Waals surface area contributed by atoms with Crippen molar-refractivity contribution in [2.75, 3.05) is 0 Å². The normalized spacial score (nSPS) is 15.8. The molecule has 0 fully saturated rings. The highest BCUT2D eigenvalue weighted by Gasteiger charge is 2.28. The van der Waals surface area contributed by atoms with Crippen LogP contribution in [-0.2, 0) is 12.0 Å². The zero-order chi connectivity index (χ0) is 22.6. The number of halogens is 1. The summed E-state index contributed by atoms with van der Waals surface area (Å²) in [5.74, 6) is -1.31. The second kappa shape index (κ2) is 7.28. The number of aliphatic hydroxyl groups excluding tert-OH is 1. The van der Waals surface area contributed by atoms with Gasteiger partial charge in [-0.05, 0) is 67.6 Å². The number of hydrogen-bond acceptors (Lipinski definition) is 3. The standard InChI is InChI=1S/C26H23FN2O3/c1-26(2,15-8-9-16-14(11-15)7-10-23(16)30)29-25(32)18-13-22-19(12-20(18)27)24(31)17-5-3-4-6-21(17)28-22/h3-6,8-9,11-13,23,30H,7,10H2,1-2H3,(H,28,31)(H,29,32). The lowest BCUT2D eigenvalue weighted by Gasteiger charge is -2.28. The highest BCUT2D eigenvalue weighted by molar-refractivity contribution is 6.00. The van der Waals surface area contributed by atoms with E-state index in [1.807, 2.05) is 32.0 Å². The van der Waals surface area contributed by atoms with Crippen LogP contribution in [0.25, 0.3) is 21.8 Å². The molecule has 1 atom stereocenters. The minimum absolute atomic E-state index is 0.131. The number of aromatic nitrogens is 1. The third-order valence-electron chi connectivity index (χ3n) is 6.37. The van der Waals surface area contributed by atoms with E-state index in [1.54, 1.807) is 24.3 Å². The lowest BCUT2D eigenvalue weighted by molar-refractivity contribution is 0.0908. The molecule has 3 aromatic carbocycles. The molecule has 0 radical (unpaired) electrons. The van der Waals surface area contributed by atoms with Crippen LogP contribution in [0.2, 0.25) is 0 Å². The van der Waals surface area contributed by atoms with Crippen LogP contribution in [0.15, 0.2) is 59.4 Å². The van der Waals surface area contributed by atoms with Gasteiger partial charge in [-0.3, -0.25) is 9.59 Å². The summed E-state index contributed by atoms with van der Waals surface area (Å²) in [5, 5.41) is 13.6. The first kappa shape index (κ1) is 20.4. The Morgan fingerprint density at radius 3 is 2.69 bits per heavy atom. The van der Waals surface area contributed by atoms with Crippen molar-refractivity contribution < 1.29 is 14.3 Å². The van der Waals surface area contributed by atoms with Gasteiger partial charge in [-0.25, -0.2) is 4.39 Å². The fourth-order valence-electron chi connectivity index (χ4n) is 4.53. The van der Waals surface area contributed by atoms with Crippen molar-refractivity contribution in [3.63, 3.8) is 0 Å². The maximum atomic E-state index is 14.9. The van der Waals surface area contributed by atoms with E-state index < -0.39 is 23.4 Å². The molecule has 6 heteroatoms. The number of rotatable bonds is 3. The molecular formula is C26H23FN2O3. The van der Waals surface area contributed by atoms with E-state index in [9.17, 15) is 19.1 Å². The van der Waals surface area contributed by atoms with Gasteiger partial charge in [0.05, 0.1) is 22.7 Å². The van der Waals surface area contributed by atoms with Crippen molar-refractivity contribution in [1.82, 2.24) is 10.3 Å². The van der Waals surface area contributed by atoms with E-state index in [1.165, 1.54) is 6.07 Å². The topological polar surface area (TPSA) is 82.2 Å². The van der Waals surface area contributed by atoms with Crippen LogP contribution in [0.5, 0.6) is 0 Å². The van der Waals surface area contributed by atoms with Crippen LogP contribution < -0.4 is 10.7 Å². The minimum Gasteiger partial charge on any atom is -0.388 e. The van der Waals surface area contributed by atoms with E-state index in [4.69, 9.17) is 0 Å². The average Bonchev–Trinajstić information content (AvgIpc) is 3.14.